The number of fused-ring (bicyclic) bond motifs is 3. The summed E-state index contributed by atoms with van der Waals surface area (Å²) in [7, 11) is 1.63. The SMILES string of the molecule is COc1ccc2c(ccc3ccccc32)n1. The van der Waals surface area contributed by atoms with Gasteiger partial charge in [-0.2, -0.15) is 0 Å². The Morgan fingerprint density at radius 1 is 0.875 bits per heavy atom. The molecular weight excluding hydrogens is 198 g/mol. The molecule has 0 saturated carbocycles. The highest BCUT2D eigenvalue weighted by atomic mass is 16.5. The molecule has 0 spiro atoms. The molecule has 0 aliphatic rings. The van der Waals surface area contributed by atoms with E-state index in [4.69, 9.17) is 4.74 Å². The first-order chi connectivity index (χ1) is 7.88. The minimum Gasteiger partial charge on any atom is -0.481 e. The van der Waals surface area contributed by atoms with Crippen molar-refractivity contribution in [2.75, 3.05) is 7.11 Å². The fraction of sp³-hybridized carbons (Fsp3) is 0.0714. The zero-order valence-corrected chi connectivity index (χ0v) is 8.97. The Balaban J connectivity index is 2.43. The molecule has 78 valence electrons. The van der Waals surface area contributed by atoms with Gasteiger partial charge in [-0.15, -0.1) is 0 Å². The summed E-state index contributed by atoms with van der Waals surface area (Å²) in [6, 6.07) is 16.4. The van der Waals surface area contributed by atoms with Gasteiger partial charge in [0, 0.05) is 11.5 Å². The molecule has 3 rings (SSSR count). The van der Waals surface area contributed by atoms with Crippen LogP contribution in [0.4, 0.5) is 0 Å². The van der Waals surface area contributed by atoms with E-state index in [1.165, 1.54) is 16.2 Å². The fourth-order valence-corrected chi connectivity index (χ4v) is 1.98. The average Bonchev–Trinajstić information content (AvgIpc) is 2.38. The van der Waals surface area contributed by atoms with Crippen molar-refractivity contribution in [2.45, 2.75) is 0 Å². The van der Waals surface area contributed by atoms with Gasteiger partial charge in [0.15, 0.2) is 0 Å². The fourth-order valence-electron chi connectivity index (χ4n) is 1.98. The van der Waals surface area contributed by atoms with Gasteiger partial charge in [0.25, 0.3) is 0 Å². The number of aromatic nitrogens is 1. The van der Waals surface area contributed by atoms with E-state index in [2.05, 4.69) is 29.2 Å². The molecule has 2 heteroatoms. The van der Waals surface area contributed by atoms with Crippen LogP contribution in [0.5, 0.6) is 5.88 Å². The Bertz CT molecular complexity index is 661. The van der Waals surface area contributed by atoms with E-state index in [1.54, 1.807) is 7.11 Å². The van der Waals surface area contributed by atoms with Gasteiger partial charge in [0.1, 0.15) is 0 Å². The summed E-state index contributed by atoms with van der Waals surface area (Å²) < 4.78 is 5.12. The van der Waals surface area contributed by atoms with E-state index in [0.717, 1.165) is 5.52 Å². The molecule has 0 fully saturated rings. The van der Waals surface area contributed by atoms with Crippen LogP contribution >= 0.6 is 0 Å². The van der Waals surface area contributed by atoms with E-state index in [1.807, 2.05) is 24.3 Å². The second-order valence-electron chi connectivity index (χ2n) is 3.71. The zero-order valence-electron chi connectivity index (χ0n) is 8.97. The normalized spacial score (nSPS) is 10.8. The maximum absolute atomic E-state index is 5.12. The Kier molecular flexibility index (Phi) is 2.00. The van der Waals surface area contributed by atoms with Crippen molar-refractivity contribution in [3.05, 3.63) is 48.5 Å². The third-order valence-corrected chi connectivity index (χ3v) is 2.78. The van der Waals surface area contributed by atoms with Crippen LogP contribution in [0.1, 0.15) is 0 Å². The van der Waals surface area contributed by atoms with Gasteiger partial charge in [-0.05, 0) is 22.9 Å². The number of hydrogen-bond acceptors (Lipinski definition) is 2. The number of rotatable bonds is 1. The molecule has 1 heterocycles. The zero-order chi connectivity index (χ0) is 11.0. The third-order valence-electron chi connectivity index (χ3n) is 2.78. The molecule has 2 aromatic carbocycles. The third kappa shape index (κ3) is 1.31. The van der Waals surface area contributed by atoms with E-state index in [0.29, 0.717) is 5.88 Å². The van der Waals surface area contributed by atoms with Crippen LogP contribution in [0.15, 0.2) is 48.5 Å². The Labute approximate surface area is 93.5 Å². The lowest BCUT2D eigenvalue weighted by Gasteiger charge is -2.04. The maximum atomic E-state index is 5.12. The van der Waals surface area contributed by atoms with E-state index in [-0.39, 0.29) is 0 Å². The van der Waals surface area contributed by atoms with Gasteiger partial charge in [0.05, 0.1) is 12.6 Å². The second kappa shape index (κ2) is 3.49. The summed E-state index contributed by atoms with van der Waals surface area (Å²) >= 11 is 0. The van der Waals surface area contributed by atoms with Gasteiger partial charge >= 0.3 is 0 Å². The lowest BCUT2D eigenvalue weighted by molar-refractivity contribution is 0.399. The molecule has 1 aromatic heterocycles. The molecule has 3 aromatic rings. The molecular formula is C14H11NO. The van der Waals surface area contributed by atoms with Crippen molar-refractivity contribution in [3.63, 3.8) is 0 Å². The van der Waals surface area contributed by atoms with E-state index >= 15 is 0 Å². The lowest BCUT2D eigenvalue weighted by Crippen LogP contribution is -1.88. The highest BCUT2D eigenvalue weighted by Gasteiger charge is 2.01. The monoisotopic (exact) mass is 209 g/mol. The first-order valence-corrected chi connectivity index (χ1v) is 5.21. The standard InChI is InChI=1S/C14H11NO/c1-16-14-9-7-12-11-5-3-2-4-10(11)6-8-13(12)15-14/h2-9H,1H3. The molecule has 0 unspecified atom stereocenters. The van der Waals surface area contributed by atoms with Crippen LogP contribution in [0.25, 0.3) is 21.7 Å². The van der Waals surface area contributed by atoms with Crippen LogP contribution in [-0.2, 0) is 0 Å². The van der Waals surface area contributed by atoms with Crippen LogP contribution in [0.3, 0.4) is 0 Å². The van der Waals surface area contributed by atoms with Crippen molar-refractivity contribution >= 4 is 21.7 Å². The van der Waals surface area contributed by atoms with Crippen molar-refractivity contribution in [2.24, 2.45) is 0 Å². The van der Waals surface area contributed by atoms with Gasteiger partial charge < -0.3 is 4.74 Å². The van der Waals surface area contributed by atoms with Crippen LogP contribution in [-0.4, -0.2) is 12.1 Å². The van der Waals surface area contributed by atoms with Crippen molar-refractivity contribution in [3.8, 4) is 5.88 Å². The lowest BCUT2D eigenvalue weighted by atomic mass is 10.1. The van der Waals surface area contributed by atoms with Gasteiger partial charge in [0.2, 0.25) is 5.88 Å². The molecule has 0 radical (unpaired) electrons. The van der Waals surface area contributed by atoms with E-state index < -0.39 is 0 Å². The van der Waals surface area contributed by atoms with Gasteiger partial charge in [-0.25, -0.2) is 4.98 Å². The predicted octanol–water partition coefficient (Wildman–Crippen LogP) is 3.40. The summed E-state index contributed by atoms with van der Waals surface area (Å²) in [4.78, 5) is 4.42. The Morgan fingerprint density at radius 3 is 2.62 bits per heavy atom. The minimum absolute atomic E-state index is 0.655. The topological polar surface area (TPSA) is 22.1 Å². The van der Waals surface area contributed by atoms with Gasteiger partial charge in [-0.1, -0.05) is 30.3 Å². The minimum atomic E-state index is 0.655. The van der Waals surface area contributed by atoms with Crippen molar-refractivity contribution in [1.82, 2.24) is 4.98 Å². The first kappa shape index (κ1) is 9.16. The second-order valence-corrected chi connectivity index (χ2v) is 3.71. The first-order valence-electron chi connectivity index (χ1n) is 5.21. The van der Waals surface area contributed by atoms with Crippen LogP contribution < -0.4 is 4.74 Å². The number of pyridine rings is 1. The smallest absolute Gasteiger partial charge is 0.213 e. The molecule has 16 heavy (non-hydrogen) atoms. The maximum Gasteiger partial charge on any atom is 0.213 e. The largest absolute Gasteiger partial charge is 0.481 e. The number of methoxy groups -OCH3 is 1. The van der Waals surface area contributed by atoms with Crippen molar-refractivity contribution < 1.29 is 4.74 Å². The molecule has 2 nitrogen and oxygen atoms in total. The van der Waals surface area contributed by atoms with Crippen LogP contribution in [0, 0.1) is 0 Å². The summed E-state index contributed by atoms with van der Waals surface area (Å²) in [6.45, 7) is 0. The number of nitrogens with zero attached hydrogens (tertiary/aromatic N) is 1. The molecule has 0 atom stereocenters. The van der Waals surface area contributed by atoms with Crippen molar-refractivity contribution in [1.29, 1.82) is 0 Å². The Morgan fingerprint density at radius 2 is 1.75 bits per heavy atom. The summed E-state index contributed by atoms with van der Waals surface area (Å²) in [5.41, 5.74) is 0.970. The van der Waals surface area contributed by atoms with E-state index in [9.17, 15) is 0 Å². The summed E-state index contributed by atoms with van der Waals surface area (Å²) in [6.07, 6.45) is 0. The van der Waals surface area contributed by atoms with Crippen LogP contribution in [0.2, 0.25) is 0 Å². The highest BCUT2D eigenvalue weighted by Crippen LogP contribution is 2.25. The Hall–Kier alpha value is -2.09. The molecule has 0 bridgehead atoms. The van der Waals surface area contributed by atoms with Gasteiger partial charge in [-0.3, -0.25) is 0 Å². The average molecular weight is 209 g/mol. The molecule has 0 aliphatic heterocycles. The number of ether oxygens (including phenoxy) is 1. The molecule has 0 N–H and O–H groups in total. The molecule has 0 aliphatic carbocycles. The predicted molar refractivity (Wildman–Crippen MR) is 65.8 cm³/mol. The molecule has 0 amide bonds. The number of hydrogen-bond donors (Lipinski definition) is 0. The summed E-state index contributed by atoms with van der Waals surface area (Å²) in [5, 5.41) is 3.64. The number of benzene rings is 2. The summed E-state index contributed by atoms with van der Waals surface area (Å²) in [5.74, 6) is 0.655. The highest BCUT2D eigenvalue weighted by molar-refractivity contribution is 6.06. The molecule has 0 saturated heterocycles. The quantitative estimate of drug-likeness (QED) is 0.573.